The van der Waals surface area contributed by atoms with Gasteiger partial charge in [-0.15, -0.1) is 5.11 Å². The Morgan fingerprint density at radius 2 is 1.82 bits per heavy atom. The zero-order valence-electron chi connectivity index (χ0n) is 20.6. The number of nitrogens with one attached hydrogen (secondary N) is 1. The van der Waals surface area contributed by atoms with Gasteiger partial charge in [0.1, 0.15) is 11.6 Å². The summed E-state index contributed by atoms with van der Waals surface area (Å²) in [4.78, 5) is 25.3. The van der Waals surface area contributed by atoms with Gasteiger partial charge in [0, 0.05) is 24.2 Å². The molecule has 1 atom stereocenters. The number of aromatic nitrogens is 1. The molecule has 0 aliphatic heterocycles. The number of rotatable bonds is 12. The maximum Gasteiger partial charge on any atom is 0.281 e. The van der Waals surface area contributed by atoms with Gasteiger partial charge in [-0.2, -0.15) is 10.4 Å². The predicted octanol–water partition coefficient (Wildman–Crippen LogP) is 5.90. The quantitative estimate of drug-likeness (QED) is 0.300. The Hall–Kier alpha value is -3.47. The molecule has 0 bridgehead atoms. The van der Waals surface area contributed by atoms with Gasteiger partial charge in [0.25, 0.3) is 11.5 Å². The van der Waals surface area contributed by atoms with Crippen LogP contribution in [0.25, 0.3) is 0 Å². The lowest BCUT2D eigenvalue weighted by Gasteiger charge is -2.19. The standard InChI is InChI=1S/C26H35N5O3/c1-5-8-10-19(7-3)17-31-25(33)22(16-27)18(4)23(26(31)34)30-29-21-13-11-20(12-14-21)24(32)28-15-9-6-2/h11-14,19,33H,5-10,15,17H2,1-4H3,(H,28,32). The fraction of sp³-hybridized carbons (Fsp3) is 0.500. The highest BCUT2D eigenvalue weighted by Gasteiger charge is 2.21. The molecule has 2 N–H and O–H groups in total. The number of unbranched alkanes of at least 4 members (excludes halogenated alkanes) is 2. The third kappa shape index (κ3) is 6.77. The van der Waals surface area contributed by atoms with E-state index in [4.69, 9.17) is 0 Å². The van der Waals surface area contributed by atoms with Crippen LogP contribution in [0.1, 0.15) is 80.8 Å². The molecule has 8 nitrogen and oxygen atoms in total. The smallest absolute Gasteiger partial charge is 0.281 e. The molecule has 182 valence electrons. The van der Waals surface area contributed by atoms with Gasteiger partial charge in [0.05, 0.1) is 5.69 Å². The molecule has 1 heterocycles. The van der Waals surface area contributed by atoms with Crippen molar-refractivity contribution in [3.63, 3.8) is 0 Å². The van der Waals surface area contributed by atoms with Crippen LogP contribution in [0.5, 0.6) is 5.88 Å². The number of nitrogens with zero attached hydrogens (tertiary/aromatic N) is 4. The molecule has 1 aromatic heterocycles. The number of pyridine rings is 1. The summed E-state index contributed by atoms with van der Waals surface area (Å²) in [6.07, 6.45) is 5.80. The molecule has 0 saturated heterocycles. The number of carbonyl (C=O) groups is 1. The van der Waals surface area contributed by atoms with E-state index in [1.165, 1.54) is 4.57 Å². The van der Waals surface area contributed by atoms with Crippen LogP contribution in [0.15, 0.2) is 39.3 Å². The molecule has 8 heteroatoms. The van der Waals surface area contributed by atoms with Crippen LogP contribution < -0.4 is 10.9 Å². The molecule has 1 aromatic carbocycles. The molecule has 0 fully saturated rings. The minimum absolute atomic E-state index is 0.0259. The zero-order chi connectivity index (χ0) is 25.1. The monoisotopic (exact) mass is 465 g/mol. The van der Waals surface area contributed by atoms with E-state index in [1.54, 1.807) is 31.2 Å². The van der Waals surface area contributed by atoms with Gasteiger partial charge in [-0.05, 0) is 49.9 Å². The summed E-state index contributed by atoms with van der Waals surface area (Å²) in [5.41, 5.74) is 0.858. The second kappa shape index (κ2) is 13.3. The normalized spacial score (nSPS) is 12.0. The van der Waals surface area contributed by atoms with Crippen molar-refractivity contribution >= 4 is 17.3 Å². The fourth-order valence-electron chi connectivity index (χ4n) is 3.67. The minimum Gasteiger partial charge on any atom is -0.493 e. The molecule has 0 aliphatic carbocycles. The van der Waals surface area contributed by atoms with Crippen LogP contribution in [-0.2, 0) is 6.54 Å². The molecule has 1 unspecified atom stereocenters. The van der Waals surface area contributed by atoms with Gasteiger partial charge in [-0.25, -0.2) is 0 Å². The van der Waals surface area contributed by atoms with E-state index < -0.39 is 5.56 Å². The van der Waals surface area contributed by atoms with Gasteiger partial charge in [-0.1, -0.05) is 46.5 Å². The van der Waals surface area contributed by atoms with Gasteiger partial charge < -0.3 is 10.4 Å². The Balaban J connectivity index is 2.33. The molecule has 2 aromatic rings. The van der Waals surface area contributed by atoms with Crippen molar-refractivity contribution in [3.05, 3.63) is 51.3 Å². The van der Waals surface area contributed by atoms with Crippen LogP contribution in [0.3, 0.4) is 0 Å². The average molecular weight is 466 g/mol. The lowest BCUT2D eigenvalue weighted by molar-refractivity contribution is 0.0953. The van der Waals surface area contributed by atoms with Crippen LogP contribution in [-0.4, -0.2) is 22.1 Å². The summed E-state index contributed by atoms with van der Waals surface area (Å²) in [5.74, 6) is -0.266. The molecular formula is C26H35N5O3. The molecule has 1 amide bonds. The Bertz CT molecular complexity index is 1100. The largest absolute Gasteiger partial charge is 0.493 e. The third-order valence-corrected chi connectivity index (χ3v) is 5.96. The average Bonchev–Trinajstić information content (AvgIpc) is 2.84. The van der Waals surface area contributed by atoms with E-state index >= 15 is 0 Å². The number of hydrogen-bond donors (Lipinski definition) is 2. The zero-order valence-corrected chi connectivity index (χ0v) is 20.6. The first kappa shape index (κ1) is 26.8. The highest BCUT2D eigenvalue weighted by atomic mass is 16.3. The molecule has 0 aliphatic rings. The van der Waals surface area contributed by atoms with Crippen LogP contribution in [0, 0.1) is 24.2 Å². The second-order valence-corrected chi connectivity index (χ2v) is 8.47. The van der Waals surface area contributed by atoms with Crippen LogP contribution in [0.2, 0.25) is 0 Å². The number of hydrogen-bond acceptors (Lipinski definition) is 6. The van der Waals surface area contributed by atoms with Crippen LogP contribution >= 0.6 is 0 Å². The van der Waals surface area contributed by atoms with Crippen molar-refractivity contribution in [1.82, 2.24) is 9.88 Å². The van der Waals surface area contributed by atoms with Crippen molar-refractivity contribution in [1.29, 1.82) is 5.26 Å². The highest BCUT2D eigenvalue weighted by molar-refractivity contribution is 5.94. The summed E-state index contributed by atoms with van der Waals surface area (Å²) in [6.45, 7) is 8.75. The topological polar surface area (TPSA) is 120 Å². The maximum atomic E-state index is 13.2. The van der Waals surface area contributed by atoms with E-state index in [2.05, 4.69) is 36.3 Å². The van der Waals surface area contributed by atoms with E-state index in [-0.39, 0.29) is 29.0 Å². The highest BCUT2D eigenvalue weighted by Crippen LogP contribution is 2.28. The van der Waals surface area contributed by atoms with Crippen molar-refractivity contribution in [3.8, 4) is 11.9 Å². The van der Waals surface area contributed by atoms with Crippen molar-refractivity contribution in [2.45, 2.75) is 72.8 Å². The van der Waals surface area contributed by atoms with Crippen molar-refractivity contribution in [2.75, 3.05) is 6.54 Å². The van der Waals surface area contributed by atoms with E-state index in [0.29, 0.717) is 29.9 Å². The van der Waals surface area contributed by atoms with Crippen LogP contribution in [0.4, 0.5) is 11.4 Å². The van der Waals surface area contributed by atoms with Gasteiger partial charge in [0.15, 0.2) is 5.69 Å². The van der Waals surface area contributed by atoms with Crippen molar-refractivity contribution < 1.29 is 9.90 Å². The molecule has 34 heavy (non-hydrogen) atoms. The van der Waals surface area contributed by atoms with E-state index in [0.717, 1.165) is 38.5 Å². The van der Waals surface area contributed by atoms with E-state index in [1.807, 2.05) is 6.07 Å². The van der Waals surface area contributed by atoms with Crippen molar-refractivity contribution in [2.24, 2.45) is 16.1 Å². The minimum atomic E-state index is -0.473. The number of nitriles is 1. The van der Waals surface area contributed by atoms with Gasteiger partial charge >= 0.3 is 0 Å². The molecule has 2 rings (SSSR count). The number of carbonyl (C=O) groups excluding carboxylic acids is 1. The molecule has 0 radical (unpaired) electrons. The van der Waals surface area contributed by atoms with Gasteiger partial charge in [0.2, 0.25) is 5.88 Å². The first-order valence-corrected chi connectivity index (χ1v) is 12.0. The maximum absolute atomic E-state index is 13.2. The molecule has 0 saturated carbocycles. The number of azo groups is 1. The number of benzene rings is 1. The Labute approximate surface area is 201 Å². The van der Waals surface area contributed by atoms with E-state index in [9.17, 15) is 20.0 Å². The summed E-state index contributed by atoms with van der Waals surface area (Å²) < 4.78 is 1.24. The third-order valence-electron chi connectivity index (χ3n) is 5.96. The molecule has 0 spiro atoms. The Morgan fingerprint density at radius 3 is 2.41 bits per heavy atom. The van der Waals surface area contributed by atoms with Gasteiger partial charge in [-0.3, -0.25) is 14.2 Å². The number of amides is 1. The fourth-order valence-corrected chi connectivity index (χ4v) is 3.67. The summed E-state index contributed by atoms with van der Waals surface area (Å²) in [6, 6.07) is 8.59. The second-order valence-electron chi connectivity index (χ2n) is 8.47. The molecular weight excluding hydrogens is 430 g/mol. The first-order valence-electron chi connectivity index (χ1n) is 12.0. The summed E-state index contributed by atoms with van der Waals surface area (Å²) >= 11 is 0. The lowest BCUT2D eigenvalue weighted by atomic mass is 9.99. The summed E-state index contributed by atoms with van der Waals surface area (Å²) in [5, 5.41) is 31.4. The summed E-state index contributed by atoms with van der Waals surface area (Å²) in [7, 11) is 0. The first-order chi connectivity index (χ1) is 16.4. The SMILES string of the molecule is CCCCNC(=O)c1ccc(N=Nc2c(C)c(C#N)c(O)n(CC(CC)CCCC)c2=O)cc1. The predicted molar refractivity (Wildman–Crippen MR) is 133 cm³/mol. The number of aromatic hydroxyl groups is 1. The lowest BCUT2D eigenvalue weighted by Crippen LogP contribution is -2.25. The Morgan fingerprint density at radius 1 is 1.15 bits per heavy atom. The Kier molecular flexibility index (Phi) is 10.5.